The van der Waals surface area contributed by atoms with E-state index in [0.717, 1.165) is 29.9 Å². The first kappa shape index (κ1) is 25.1. The minimum absolute atomic E-state index is 0.212. The maximum Gasteiger partial charge on any atom is 0.156 e. The molecule has 3 heteroatoms. The fourth-order valence-electron chi connectivity index (χ4n) is 6.35. The van der Waals surface area contributed by atoms with Gasteiger partial charge in [0, 0.05) is 35.5 Å². The second-order valence-corrected chi connectivity index (χ2v) is 10.7. The van der Waals surface area contributed by atoms with Crippen molar-refractivity contribution in [2.45, 2.75) is 32.6 Å². The normalized spacial score (nSPS) is 17.7. The van der Waals surface area contributed by atoms with E-state index in [2.05, 4.69) is 122 Å². The molecule has 1 unspecified atom stereocenters. The van der Waals surface area contributed by atoms with Crippen molar-refractivity contribution in [2.24, 2.45) is 4.99 Å². The van der Waals surface area contributed by atoms with Crippen LogP contribution in [-0.4, -0.2) is 15.7 Å². The summed E-state index contributed by atoms with van der Waals surface area (Å²) in [6, 6.07) is 28.5. The fraction of sp³-hybridized carbons (Fsp3) is 0.132. The summed E-state index contributed by atoms with van der Waals surface area (Å²) in [6.45, 7) is 4.17. The summed E-state index contributed by atoms with van der Waals surface area (Å²) < 4.78 is 0. The fourth-order valence-corrected chi connectivity index (χ4v) is 6.35. The predicted molar refractivity (Wildman–Crippen MR) is 172 cm³/mol. The van der Waals surface area contributed by atoms with Crippen molar-refractivity contribution in [3.05, 3.63) is 150 Å². The lowest BCUT2D eigenvalue weighted by Gasteiger charge is -2.22. The molecule has 0 saturated heterocycles. The highest BCUT2D eigenvalue weighted by Gasteiger charge is 2.31. The first-order valence-electron chi connectivity index (χ1n) is 14.3. The summed E-state index contributed by atoms with van der Waals surface area (Å²) in [4.78, 5) is 14.2. The van der Waals surface area contributed by atoms with Crippen LogP contribution in [0, 0.1) is 0 Å². The Hall–Kier alpha value is -4.89. The van der Waals surface area contributed by atoms with Gasteiger partial charge < -0.3 is 0 Å². The van der Waals surface area contributed by atoms with E-state index in [4.69, 9.17) is 9.98 Å². The van der Waals surface area contributed by atoms with Crippen LogP contribution in [0.5, 0.6) is 0 Å². The number of hydrogen-bond acceptors (Lipinski definition) is 3. The van der Waals surface area contributed by atoms with Crippen molar-refractivity contribution in [1.29, 1.82) is 0 Å². The highest BCUT2D eigenvalue weighted by molar-refractivity contribution is 6.13. The Balaban J connectivity index is 1.46. The molecule has 3 nitrogen and oxygen atoms in total. The van der Waals surface area contributed by atoms with Crippen molar-refractivity contribution in [2.75, 3.05) is 0 Å². The van der Waals surface area contributed by atoms with Gasteiger partial charge in [-0.1, -0.05) is 66.8 Å². The van der Waals surface area contributed by atoms with Gasteiger partial charge in [-0.3, -0.25) is 4.98 Å². The molecule has 0 N–H and O–H groups in total. The Bertz CT molecular complexity index is 1910. The average molecular weight is 530 g/mol. The second-order valence-electron chi connectivity index (χ2n) is 10.7. The summed E-state index contributed by atoms with van der Waals surface area (Å²) in [5.41, 5.74) is 12.1. The van der Waals surface area contributed by atoms with Crippen LogP contribution in [0.1, 0.15) is 54.0 Å². The van der Waals surface area contributed by atoms with Gasteiger partial charge >= 0.3 is 0 Å². The molecule has 0 saturated carbocycles. The zero-order valence-electron chi connectivity index (χ0n) is 23.4. The van der Waals surface area contributed by atoms with Crippen molar-refractivity contribution in [1.82, 2.24) is 9.97 Å². The number of aromatic nitrogens is 2. The van der Waals surface area contributed by atoms with E-state index in [1.54, 1.807) is 0 Å². The van der Waals surface area contributed by atoms with Gasteiger partial charge in [0.05, 0.1) is 5.71 Å². The van der Waals surface area contributed by atoms with Crippen molar-refractivity contribution in [3.8, 4) is 11.1 Å². The summed E-state index contributed by atoms with van der Waals surface area (Å²) >= 11 is 0. The molecule has 0 radical (unpaired) electrons. The number of rotatable bonds is 4. The molecule has 7 rings (SSSR count). The highest BCUT2D eigenvalue weighted by atomic mass is 14.9. The molecule has 1 aliphatic heterocycles. The van der Waals surface area contributed by atoms with E-state index in [1.807, 2.05) is 18.6 Å². The number of aliphatic imine (C=N–C) groups is 1. The lowest BCUT2D eigenvalue weighted by Crippen LogP contribution is -2.12. The predicted octanol–water partition coefficient (Wildman–Crippen LogP) is 9.52. The van der Waals surface area contributed by atoms with E-state index in [0.29, 0.717) is 0 Å². The SMILES string of the molecule is C/C=C\C(=C/C)c1cc(/C2=C/C3=Nc4ncc5ccccc5c4C3CCc3ccccc32)cc(-c2ccncc2)c1. The molecular weight excluding hydrogens is 498 g/mol. The maximum absolute atomic E-state index is 5.16. The smallest absolute Gasteiger partial charge is 0.156 e. The van der Waals surface area contributed by atoms with Gasteiger partial charge in [-0.05, 0) is 113 Å². The molecule has 198 valence electrons. The molecule has 5 aromatic rings. The Labute approximate surface area is 241 Å². The Morgan fingerprint density at radius 3 is 2.51 bits per heavy atom. The highest BCUT2D eigenvalue weighted by Crippen LogP contribution is 2.44. The van der Waals surface area contributed by atoms with Gasteiger partial charge in [0.1, 0.15) is 0 Å². The quantitative estimate of drug-likeness (QED) is 0.217. The standard InChI is InChI=1S/C38H31N3/c1-3-9-25(4-2)29-20-30(26-16-18-39-19-17-26)22-31(21-29)35-23-36-34(15-14-27-10-5-7-12-32(27)35)37-33-13-8-6-11-28(33)24-40-38(37)41-36/h3-13,16-24,34H,14-15H2,1-2H3/b9-3-,25-4+,35-23-. The molecule has 3 heterocycles. The van der Waals surface area contributed by atoms with Gasteiger partial charge in [0.15, 0.2) is 5.82 Å². The van der Waals surface area contributed by atoms with E-state index >= 15 is 0 Å². The molecule has 0 fully saturated rings. The first-order valence-corrected chi connectivity index (χ1v) is 14.3. The summed E-state index contributed by atoms with van der Waals surface area (Å²) in [6.07, 6.45) is 16.5. The van der Waals surface area contributed by atoms with Gasteiger partial charge in [0.25, 0.3) is 0 Å². The van der Waals surface area contributed by atoms with Crippen LogP contribution in [0.4, 0.5) is 5.82 Å². The van der Waals surface area contributed by atoms with Gasteiger partial charge in [0.2, 0.25) is 0 Å². The van der Waals surface area contributed by atoms with Gasteiger partial charge in [-0.25, -0.2) is 9.98 Å². The zero-order valence-corrected chi connectivity index (χ0v) is 23.4. The molecule has 1 atom stereocenters. The third-order valence-electron chi connectivity index (χ3n) is 8.31. The minimum atomic E-state index is 0.212. The lowest BCUT2D eigenvalue weighted by atomic mass is 9.80. The Morgan fingerprint density at radius 1 is 0.854 bits per heavy atom. The van der Waals surface area contributed by atoms with Crippen LogP contribution in [0.3, 0.4) is 0 Å². The number of hydrogen-bond donors (Lipinski definition) is 0. The third-order valence-corrected chi connectivity index (χ3v) is 8.31. The Morgan fingerprint density at radius 2 is 1.66 bits per heavy atom. The molecule has 41 heavy (non-hydrogen) atoms. The van der Waals surface area contributed by atoms with E-state index < -0.39 is 0 Å². The Kier molecular flexibility index (Phi) is 6.48. The van der Waals surface area contributed by atoms with Crippen molar-refractivity contribution in [3.63, 3.8) is 0 Å². The molecule has 3 aromatic carbocycles. The summed E-state index contributed by atoms with van der Waals surface area (Å²) in [7, 11) is 0. The molecular formula is C38H31N3. The third kappa shape index (κ3) is 4.54. The number of pyridine rings is 2. The topological polar surface area (TPSA) is 38.1 Å². The molecule has 0 spiro atoms. The minimum Gasteiger partial charge on any atom is -0.265 e. The van der Waals surface area contributed by atoms with Crippen LogP contribution in [0.25, 0.3) is 33.0 Å². The average Bonchev–Trinajstić information content (AvgIpc) is 3.37. The van der Waals surface area contributed by atoms with Crippen LogP contribution in [0.2, 0.25) is 0 Å². The van der Waals surface area contributed by atoms with Gasteiger partial charge in [-0.15, -0.1) is 0 Å². The molecule has 1 aliphatic carbocycles. The molecule has 0 amide bonds. The van der Waals surface area contributed by atoms with E-state index in [9.17, 15) is 0 Å². The monoisotopic (exact) mass is 529 g/mol. The lowest BCUT2D eigenvalue weighted by molar-refractivity contribution is 0.779. The molecule has 2 aromatic heterocycles. The number of fused-ring (bicyclic) bond motifs is 6. The molecule has 2 aliphatic rings. The number of aryl methyl sites for hydroxylation is 1. The number of nitrogens with zero attached hydrogens (tertiary/aromatic N) is 3. The van der Waals surface area contributed by atoms with E-state index in [1.165, 1.54) is 55.3 Å². The summed E-state index contributed by atoms with van der Waals surface area (Å²) in [5.74, 6) is 1.07. The van der Waals surface area contributed by atoms with Crippen LogP contribution < -0.4 is 0 Å². The van der Waals surface area contributed by atoms with E-state index in [-0.39, 0.29) is 5.92 Å². The second kappa shape index (κ2) is 10.6. The summed E-state index contributed by atoms with van der Waals surface area (Å²) in [5, 5.41) is 2.43. The largest absolute Gasteiger partial charge is 0.265 e. The maximum atomic E-state index is 5.16. The van der Waals surface area contributed by atoms with Crippen molar-refractivity contribution < 1.29 is 0 Å². The van der Waals surface area contributed by atoms with Crippen molar-refractivity contribution >= 4 is 33.4 Å². The van der Waals surface area contributed by atoms with Gasteiger partial charge in [-0.2, -0.15) is 0 Å². The zero-order chi connectivity index (χ0) is 27.8. The number of benzene rings is 3. The molecule has 0 bridgehead atoms. The van der Waals surface area contributed by atoms with Crippen LogP contribution in [0.15, 0.2) is 127 Å². The number of allylic oxidation sites excluding steroid dienone is 5. The van der Waals surface area contributed by atoms with Crippen LogP contribution in [-0.2, 0) is 6.42 Å². The van der Waals surface area contributed by atoms with Crippen LogP contribution >= 0.6 is 0 Å². The first-order chi connectivity index (χ1) is 20.2.